The zero-order valence-electron chi connectivity index (χ0n) is 26.2. The molecule has 2 aliphatic heterocycles. The summed E-state index contributed by atoms with van der Waals surface area (Å²) in [6.45, 7) is 9.74. The van der Waals surface area contributed by atoms with Gasteiger partial charge in [-0.1, -0.05) is 57.5 Å². The molecular formula is C35H45ClN2O5S. The maximum absolute atomic E-state index is 13.6. The molecule has 2 bridgehead atoms. The van der Waals surface area contributed by atoms with Gasteiger partial charge in [0.05, 0.1) is 23.6 Å². The Hall–Kier alpha value is -2.55. The Labute approximate surface area is 267 Å². The lowest BCUT2D eigenvalue weighted by Gasteiger charge is -2.52. The summed E-state index contributed by atoms with van der Waals surface area (Å²) in [5.74, 6) is -0.336. The number of aliphatic hydroxyl groups is 1. The number of hydrogen-bond donors (Lipinski definition) is 2. The highest BCUT2D eigenvalue weighted by atomic mass is 35.5. The Balaban J connectivity index is 1.45. The molecule has 2 aliphatic carbocycles. The van der Waals surface area contributed by atoms with Gasteiger partial charge in [0.25, 0.3) is 5.91 Å². The first kappa shape index (κ1) is 31.4. The molecule has 1 spiro atoms. The molecule has 0 aromatic heterocycles. The van der Waals surface area contributed by atoms with Crippen LogP contribution in [-0.2, 0) is 21.9 Å². The fourth-order valence-corrected chi connectivity index (χ4v) is 10.7. The molecule has 44 heavy (non-hydrogen) atoms. The van der Waals surface area contributed by atoms with Gasteiger partial charge in [-0.15, -0.1) is 0 Å². The van der Waals surface area contributed by atoms with Crippen LogP contribution in [0.15, 0.2) is 48.6 Å². The number of nitrogens with zero attached hydrogens (tertiary/aromatic N) is 1. The van der Waals surface area contributed by atoms with Crippen LogP contribution in [-0.4, -0.2) is 50.5 Å². The number of allylic oxidation sites excluding steroid dienone is 1. The second kappa shape index (κ2) is 11.7. The molecular weight excluding hydrogens is 596 g/mol. The third kappa shape index (κ3) is 5.67. The van der Waals surface area contributed by atoms with E-state index >= 15 is 0 Å². The van der Waals surface area contributed by atoms with Crippen LogP contribution in [0.3, 0.4) is 0 Å². The number of nitrogens with one attached hydrogen (secondary N) is 1. The van der Waals surface area contributed by atoms with Crippen LogP contribution in [0.4, 0.5) is 5.69 Å². The fraction of sp³-hybridized carbons (Fsp3) is 0.571. The van der Waals surface area contributed by atoms with Crippen molar-refractivity contribution in [2.24, 2.45) is 23.2 Å². The molecule has 238 valence electrons. The minimum absolute atomic E-state index is 0.0686. The van der Waals surface area contributed by atoms with E-state index in [1.165, 1.54) is 11.1 Å². The summed E-state index contributed by atoms with van der Waals surface area (Å²) < 4.78 is 36.2. The summed E-state index contributed by atoms with van der Waals surface area (Å²) in [6, 6.07) is 11.4. The van der Waals surface area contributed by atoms with E-state index in [1.54, 1.807) is 18.2 Å². The molecule has 0 radical (unpaired) electrons. The number of ether oxygens (including phenoxy) is 1. The number of carbonyl (C=O) groups excluding carboxylic acids is 1. The number of benzene rings is 2. The molecule has 0 saturated heterocycles. The number of rotatable bonds is 1. The Morgan fingerprint density at radius 1 is 1.14 bits per heavy atom. The number of carbonyl (C=O) groups is 1. The van der Waals surface area contributed by atoms with Crippen molar-refractivity contribution in [3.63, 3.8) is 0 Å². The maximum atomic E-state index is 13.6. The highest BCUT2D eigenvalue weighted by molar-refractivity contribution is 7.90. The van der Waals surface area contributed by atoms with E-state index in [-0.39, 0.29) is 34.1 Å². The van der Waals surface area contributed by atoms with E-state index in [2.05, 4.69) is 28.7 Å². The van der Waals surface area contributed by atoms with Crippen molar-refractivity contribution in [3.05, 3.63) is 70.3 Å². The number of halogens is 1. The fourth-order valence-electron chi connectivity index (χ4n) is 8.53. The van der Waals surface area contributed by atoms with Crippen molar-refractivity contribution in [2.75, 3.05) is 24.6 Å². The lowest BCUT2D eigenvalue weighted by Crippen LogP contribution is -2.54. The van der Waals surface area contributed by atoms with Crippen molar-refractivity contribution >= 4 is 33.2 Å². The summed E-state index contributed by atoms with van der Waals surface area (Å²) in [5, 5.41) is 11.3. The molecule has 4 aliphatic rings. The summed E-state index contributed by atoms with van der Waals surface area (Å²) >= 11 is 6.41. The Morgan fingerprint density at radius 2 is 1.93 bits per heavy atom. The van der Waals surface area contributed by atoms with Gasteiger partial charge in [0.1, 0.15) is 5.75 Å². The zero-order valence-corrected chi connectivity index (χ0v) is 27.8. The zero-order chi connectivity index (χ0) is 31.4. The second-order valence-corrected chi connectivity index (χ2v) is 16.7. The molecule has 6 rings (SSSR count). The molecule has 1 amide bonds. The first-order chi connectivity index (χ1) is 20.8. The molecule has 1 unspecified atom stereocenters. The van der Waals surface area contributed by atoms with Gasteiger partial charge in [-0.25, -0.2) is 13.1 Å². The quantitative estimate of drug-likeness (QED) is 0.357. The Bertz CT molecular complexity index is 1570. The van der Waals surface area contributed by atoms with Gasteiger partial charge < -0.3 is 14.7 Å². The first-order valence-corrected chi connectivity index (χ1v) is 18.0. The predicted molar refractivity (Wildman–Crippen MR) is 175 cm³/mol. The van der Waals surface area contributed by atoms with E-state index in [1.807, 2.05) is 39.0 Å². The van der Waals surface area contributed by atoms with E-state index in [4.69, 9.17) is 16.3 Å². The van der Waals surface area contributed by atoms with Crippen LogP contribution in [0.5, 0.6) is 5.75 Å². The smallest absolute Gasteiger partial charge is 0.264 e. The summed E-state index contributed by atoms with van der Waals surface area (Å²) in [4.78, 5) is 15.9. The first-order valence-electron chi connectivity index (χ1n) is 16.0. The summed E-state index contributed by atoms with van der Waals surface area (Å²) in [5.41, 5.74) is 3.13. The van der Waals surface area contributed by atoms with E-state index in [0.717, 1.165) is 42.8 Å². The van der Waals surface area contributed by atoms with Gasteiger partial charge in [0.2, 0.25) is 10.0 Å². The maximum Gasteiger partial charge on any atom is 0.264 e. The van der Waals surface area contributed by atoms with Crippen LogP contribution >= 0.6 is 11.6 Å². The van der Waals surface area contributed by atoms with Crippen LogP contribution in [0.1, 0.15) is 81.3 Å². The van der Waals surface area contributed by atoms with Crippen LogP contribution in [0.2, 0.25) is 5.02 Å². The van der Waals surface area contributed by atoms with Crippen LogP contribution in [0.25, 0.3) is 0 Å². The van der Waals surface area contributed by atoms with Crippen LogP contribution in [0, 0.1) is 23.2 Å². The summed E-state index contributed by atoms with van der Waals surface area (Å²) in [6.07, 6.45) is 8.50. The molecule has 2 heterocycles. The number of amides is 1. The normalized spacial score (nSPS) is 34.2. The van der Waals surface area contributed by atoms with Crippen LogP contribution < -0.4 is 14.4 Å². The van der Waals surface area contributed by atoms with E-state index < -0.39 is 27.3 Å². The van der Waals surface area contributed by atoms with Gasteiger partial charge in [-0.05, 0) is 103 Å². The molecule has 7 nitrogen and oxygen atoms in total. The van der Waals surface area contributed by atoms with Gasteiger partial charge in [0, 0.05) is 29.1 Å². The standard InChI is InChI=1S/C35H45ClN2O5S/c1-22(2)32-23(3)7-5-9-30(39)28-14-16-34(28,4)19-38-20-35(15-6-8-24-17-26(36)11-12-27(24)35)21-43-31-13-10-25(18-29(31)38)33(40)37-44(32,41)42/h5,9-13,17-18,22-23,28,30,32,39H,6-8,14-16,19-21H2,1-4H3,(H,37,40)/b9-5+/t23-,28+,30+,32+,34?,35+/m1/s1. The number of sulfonamides is 1. The van der Waals surface area contributed by atoms with Crippen molar-refractivity contribution < 1.29 is 23.1 Å². The number of fused-ring (bicyclic) bond motifs is 4. The number of hydrogen-bond acceptors (Lipinski definition) is 6. The molecule has 1 fully saturated rings. The molecule has 1 saturated carbocycles. The van der Waals surface area contributed by atoms with E-state index in [9.17, 15) is 18.3 Å². The average Bonchev–Trinajstić information content (AvgIpc) is 3.08. The third-order valence-electron chi connectivity index (χ3n) is 10.8. The third-order valence-corrected chi connectivity index (χ3v) is 13.3. The molecule has 2 N–H and O–H groups in total. The predicted octanol–water partition coefficient (Wildman–Crippen LogP) is 6.27. The minimum atomic E-state index is -3.98. The van der Waals surface area contributed by atoms with Gasteiger partial charge in [0.15, 0.2) is 0 Å². The van der Waals surface area contributed by atoms with Gasteiger partial charge in [-0.2, -0.15) is 0 Å². The molecule has 6 atom stereocenters. The van der Waals surface area contributed by atoms with Crippen molar-refractivity contribution in [1.29, 1.82) is 0 Å². The average molecular weight is 641 g/mol. The minimum Gasteiger partial charge on any atom is -0.490 e. The Kier molecular flexibility index (Phi) is 8.34. The number of aryl methyl sites for hydroxylation is 1. The van der Waals surface area contributed by atoms with E-state index in [0.29, 0.717) is 31.9 Å². The monoisotopic (exact) mass is 640 g/mol. The number of aliphatic hydroxyl groups excluding tert-OH is 1. The summed E-state index contributed by atoms with van der Waals surface area (Å²) in [7, 11) is -3.98. The lowest BCUT2D eigenvalue weighted by atomic mass is 9.58. The SMILES string of the molecule is CC(C)[C@H]1[C@H](C)C/C=C/[C@H](O)[C@@H]2CCC2(C)CN2C[C@@]3(CCCc4cc(Cl)ccc43)COc3ccc(cc32)C(=O)NS1(=O)=O. The largest absolute Gasteiger partial charge is 0.490 e. The van der Waals surface area contributed by atoms with Crippen molar-refractivity contribution in [3.8, 4) is 5.75 Å². The van der Waals surface area contributed by atoms with Crippen molar-refractivity contribution in [1.82, 2.24) is 4.72 Å². The highest BCUT2D eigenvalue weighted by Gasteiger charge is 2.49. The Morgan fingerprint density at radius 3 is 2.66 bits per heavy atom. The van der Waals surface area contributed by atoms with Gasteiger partial charge >= 0.3 is 0 Å². The molecule has 2 aromatic rings. The molecule has 9 heteroatoms. The van der Waals surface area contributed by atoms with Crippen molar-refractivity contribution in [2.45, 2.75) is 83.0 Å². The number of anilines is 1. The molecule has 2 aromatic carbocycles. The highest BCUT2D eigenvalue weighted by Crippen LogP contribution is 2.52. The lowest BCUT2D eigenvalue weighted by molar-refractivity contribution is -0.0245. The second-order valence-electron chi connectivity index (χ2n) is 14.4. The van der Waals surface area contributed by atoms with Gasteiger partial charge in [-0.3, -0.25) is 4.79 Å². The topological polar surface area (TPSA) is 95.9 Å².